The second-order valence-corrected chi connectivity index (χ2v) is 4.55. The predicted molar refractivity (Wildman–Crippen MR) is 59.2 cm³/mol. The molecular weight excluding hydrogens is 190 g/mol. The molecule has 0 radical (unpaired) electrons. The zero-order valence-corrected chi connectivity index (χ0v) is 9.32. The standard InChI is InChI=1S/C11H21N3O/c15-10-12-11-5-4-8-14(9-11)13-6-2-1-3-7-13/h10-11H,1-9H2,(H,12,15). The third-order valence-electron chi connectivity index (χ3n) is 3.44. The van der Waals surface area contributed by atoms with Crippen LogP contribution in [-0.2, 0) is 4.79 Å². The van der Waals surface area contributed by atoms with Crippen LogP contribution in [0.1, 0.15) is 32.1 Å². The van der Waals surface area contributed by atoms with Crippen molar-refractivity contribution < 1.29 is 4.79 Å². The van der Waals surface area contributed by atoms with E-state index < -0.39 is 0 Å². The summed E-state index contributed by atoms with van der Waals surface area (Å²) >= 11 is 0. The first-order chi connectivity index (χ1) is 7.40. The second-order valence-electron chi connectivity index (χ2n) is 4.55. The number of amides is 1. The summed E-state index contributed by atoms with van der Waals surface area (Å²) in [5.41, 5.74) is 0. The quantitative estimate of drug-likeness (QED) is 0.694. The maximum atomic E-state index is 10.4. The molecule has 1 N–H and O–H groups in total. The Morgan fingerprint density at radius 3 is 2.47 bits per heavy atom. The number of rotatable bonds is 3. The fraction of sp³-hybridized carbons (Fsp3) is 0.909. The summed E-state index contributed by atoms with van der Waals surface area (Å²) in [6.45, 7) is 4.57. The minimum absolute atomic E-state index is 0.359. The highest BCUT2D eigenvalue weighted by Gasteiger charge is 2.24. The summed E-state index contributed by atoms with van der Waals surface area (Å²) in [5, 5.41) is 7.81. The van der Waals surface area contributed by atoms with Gasteiger partial charge in [0.15, 0.2) is 0 Å². The van der Waals surface area contributed by atoms with Gasteiger partial charge in [-0.3, -0.25) is 4.79 Å². The van der Waals surface area contributed by atoms with Crippen molar-refractivity contribution >= 4 is 6.41 Å². The molecule has 2 aliphatic heterocycles. The smallest absolute Gasteiger partial charge is 0.207 e. The van der Waals surface area contributed by atoms with Crippen molar-refractivity contribution in [3.8, 4) is 0 Å². The van der Waals surface area contributed by atoms with Crippen LogP contribution in [0.25, 0.3) is 0 Å². The molecule has 2 heterocycles. The minimum Gasteiger partial charge on any atom is -0.355 e. The molecule has 0 aromatic carbocycles. The highest BCUT2D eigenvalue weighted by Crippen LogP contribution is 2.16. The molecule has 1 unspecified atom stereocenters. The van der Waals surface area contributed by atoms with E-state index in [2.05, 4.69) is 15.3 Å². The maximum absolute atomic E-state index is 10.4. The van der Waals surface area contributed by atoms with Gasteiger partial charge in [-0.25, -0.2) is 10.0 Å². The number of hydrogen-bond donors (Lipinski definition) is 1. The molecule has 0 saturated carbocycles. The highest BCUT2D eigenvalue weighted by molar-refractivity contribution is 5.46. The lowest BCUT2D eigenvalue weighted by Gasteiger charge is -2.42. The van der Waals surface area contributed by atoms with Gasteiger partial charge in [-0.1, -0.05) is 6.42 Å². The van der Waals surface area contributed by atoms with E-state index in [1.807, 2.05) is 0 Å². The van der Waals surface area contributed by atoms with Gasteiger partial charge in [-0.05, 0) is 25.7 Å². The number of nitrogens with zero attached hydrogens (tertiary/aromatic N) is 2. The van der Waals surface area contributed by atoms with Gasteiger partial charge in [0.2, 0.25) is 6.41 Å². The Labute approximate surface area is 91.6 Å². The zero-order chi connectivity index (χ0) is 10.5. The third-order valence-corrected chi connectivity index (χ3v) is 3.44. The van der Waals surface area contributed by atoms with Crippen molar-refractivity contribution in [2.75, 3.05) is 26.2 Å². The van der Waals surface area contributed by atoms with Gasteiger partial charge >= 0.3 is 0 Å². The summed E-state index contributed by atoms with van der Waals surface area (Å²) in [6.07, 6.45) is 7.18. The van der Waals surface area contributed by atoms with Gasteiger partial charge in [0.05, 0.1) is 0 Å². The van der Waals surface area contributed by atoms with Crippen molar-refractivity contribution in [2.45, 2.75) is 38.1 Å². The lowest BCUT2D eigenvalue weighted by atomic mass is 10.1. The average Bonchev–Trinajstić information content (AvgIpc) is 2.31. The summed E-state index contributed by atoms with van der Waals surface area (Å²) < 4.78 is 0. The molecule has 0 aliphatic carbocycles. The molecular formula is C11H21N3O. The summed E-state index contributed by atoms with van der Waals surface area (Å²) in [6, 6.07) is 0.359. The van der Waals surface area contributed by atoms with E-state index in [9.17, 15) is 4.79 Å². The van der Waals surface area contributed by atoms with Gasteiger partial charge in [0, 0.05) is 32.2 Å². The number of carbonyl (C=O) groups excluding carboxylic acids is 1. The maximum Gasteiger partial charge on any atom is 0.207 e. The fourth-order valence-electron chi connectivity index (χ4n) is 2.61. The lowest BCUT2D eigenvalue weighted by molar-refractivity contribution is -0.111. The second kappa shape index (κ2) is 5.47. The van der Waals surface area contributed by atoms with Gasteiger partial charge in [-0.15, -0.1) is 0 Å². The Hall–Kier alpha value is -0.610. The first-order valence-electron chi connectivity index (χ1n) is 6.09. The monoisotopic (exact) mass is 211 g/mol. The van der Waals surface area contributed by atoms with Crippen molar-refractivity contribution in [3.63, 3.8) is 0 Å². The Morgan fingerprint density at radius 2 is 1.73 bits per heavy atom. The van der Waals surface area contributed by atoms with Crippen LogP contribution in [0.4, 0.5) is 0 Å². The molecule has 0 aromatic rings. The van der Waals surface area contributed by atoms with Crippen LogP contribution in [-0.4, -0.2) is 48.6 Å². The van der Waals surface area contributed by atoms with Crippen molar-refractivity contribution in [2.24, 2.45) is 0 Å². The van der Waals surface area contributed by atoms with Crippen LogP contribution >= 0.6 is 0 Å². The average molecular weight is 211 g/mol. The van der Waals surface area contributed by atoms with Crippen molar-refractivity contribution in [3.05, 3.63) is 0 Å². The van der Waals surface area contributed by atoms with Gasteiger partial charge in [0.25, 0.3) is 0 Å². The van der Waals surface area contributed by atoms with E-state index in [0.717, 1.165) is 25.9 Å². The molecule has 1 amide bonds. The molecule has 0 aromatic heterocycles. The Balaban J connectivity index is 1.82. The van der Waals surface area contributed by atoms with Crippen LogP contribution in [0.5, 0.6) is 0 Å². The van der Waals surface area contributed by atoms with E-state index in [1.165, 1.54) is 38.8 Å². The molecule has 2 rings (SSSR count). The first kappa shape index (κ1) is 10.9. The van der Waals surface area contributed by atoms with Crippen molar-refractivity contribution in [1.29, 1.82) is 0 Å². The van der Waals surface area contributed by atoms with E-state index >= 15 is 0 Å². The first-order valence-corrected chi connectivity index (χ1v) is 6.09. The Bertz CT molecular complexity index is 204. The number of hydrogen-bond acceptors (Lipinski definition) is 3. The molecule has 0 spiro atoms. The zero-order valence-electron chi connectivity index (χ0n) is 9.32. The summed E-state index contributed by atoms with van der Waals surface area (Å²) in [5.74, 6) is 0. The van der Waals surface area contributed by atoms with Crippen LogP contribution < -0.4 is 5.32 Å². The molecule has 2 fully saturated rings. The Morgan fingerprint density at radius 1 is 1.00 bits per heavy atom. The van der Waals surface area contributed by atoms with Gasteiger partial charge < -0.3 is 5.32 Å². The molecule has 4 heteroatoms. The molecule has 86 valence electrons. The van der Waals surface area contributed by atoms with Gasteiger partial charge in [-0.2, -0.15) is 0 Å². The predicted octanol–water partition coefficient (Wildman–Crippen LogP) is 0.598. The van der Waals surface area contributed by atoms with E-state index in [-0.39, 0.29) is 0 Å². The molecule has 15 heavy (non-hydrogen) atoms. The van der Waals surface area contributed by atoms with Crippen molar-refractivity contribution in [1.82, 2.24) is 15.3 Å². The van der Waals surface area contributed by atoms with E-state index in [0.29, 0.717) is 6.04 Å². The van der Waals surface area contributed by atoms with Gasteiger partial charge in [0.1, 0.15) is 0 Å². The third kappa shape index (κ3) is 2.92. The number of carbonyl (C=O) groups is 1. The summed E-state index contributed by atoms with van der Waals surface area (Å²) in [4.78, 5) is 10.4. The molecule has 2 saturated heterocycles. The van der Waals surface area contributed by atoms with E-state index in [1.54, 1.807) is 0 Å². The molecule has 2 aliphatic rings. The van der Waals surface area contributed by atoms with Crippen LogP contribution in [0.2, 0.25) is 0 Å². The topological polar surface area (TPSA) is 35.6 Å². The minimum atomic E-state index is 0.359. The van der Waals surface area contributed by atoms with Crippen LogP contribution in [0.3, 0.4) is 0 Å². The van der Waals surface area contributed by atoms with Crippen LogP contribution in [0.15, 0.2) is 0 Å². The van der Waals surface area contributed by atoms with E-state index in [4.69, 9.17) is 0 Å². The van der Waals surface area contributed by atoms with Crippen LogP contribution in [0, 0.1) is 0 Å². The molecule has 1 atom stereocenters. The fourth-order valence-corrected chi connectivity index (χ4v) is 2.61. The highest BCUT2D eigenvalue weighted by atomic mass is 16.1. The largest absolute Gasteiger partial charge is 0.355 e. The number of nitrogens with one attached hydrogen (secondary N) is 1. The number of hydrazine groups is 1. The SMILES string of the molecule is O=CNC1CCCN(N2CCCCC2)C1. The molecule has 0 bridgehead atoms. The normalized spacial score (nSPS) is 30.0. The Kier molecular flexibility index (Phi) is 3.97. The number of piperidine rings is 2. The summed E-state index contributed by atoms with van der Waals surface area (Å²) in [7, 11) is 0. The molecule has 4 nitrogen and oxygen atoms in total. The lowest BCUT2D eigenvalue weighted by Crippen LogP contribution is -2.54.